The van der Waals surface area contributed by atoms with E-state index in [9.17, 15) is 0 Å². The molecule has 6 nitrogen and oxygen atoms in total. The molecule has 0 amide bonds. The van der Waals surface area contributed by atoms with Gasteiger partial charge in [0, 0.05) is 33.2 Å². The minimum atomic E-state index is 0.653. The minimum absolute atomic E-state index is 0.653. The maximum atomic E-state index is 4.71. The van der Waals surface area contributed by atoms with Crippen LogP contribution < -0.4 is 15.1 Å². The molecule has 1 aliphatic rings. The number of anilines is 3. The van der Waals surface area contributed by atoms with E-state index in [1.807, 2.05) is 7.05 Å². The van der Waals surface area contributed by atoms with Crippen LogP contribution in [-0.4, -0.2) is 48.2 Å². The van der Waals surface area contributed by atoms with Crippen LogP contribution in [0.2, 0.25) is 0 Å². The normalized spacial score (nSPS) is 18.7. The third-order valence-electron chi connectivity index (χ3n) is 4.26. The molecule has 21 heavy (non-hydrogen) atoms. The van der Waals surface area contributed by atoms with Gasteiger partial charge in [0.1, 0.15) is 0 Å². The van der Waals surface area contributed by atoms with Crippen molar-refractivity contribution < 1.29 is 0 Å². The highest BCUT2D eigenvalue weighted by Crippen LogP contribution is 2.24. The van der Waals surface area contributed by atoms with Gasteiger partial charge >= 0.3 is 0 Å². The fourth-order valence-corrected chi connectivity index (χ4v) is 2.83. The lowest BCUT2D eigenvalue weighted by atomic mass is 9.96. The second-order valence-electron chi connectivity index (χ2n) is 5.54. The van der Waals surface area contributed by atoms with Crippen molar-refractivity contribution >= 4 is 17.8 Å². The first-order valence-electron chi connectivity index (χ1n) is 8.15. The summed E-state index contributed by atoms with van der Waals surface area (Å²) >= 11 is 0. The summed E-state index contributed by atoms with van der Waals surface area (Å²) in [6.07, 6.45) is 3.77. The van der Waals surface area contributed by atoms with E-state index in [4.69, 9.17) is 4.98 Å². The predicted octanol–water partition coefficient (Wildman–Crippen LogP) is 2.39. The maximum absolute atomic E-state index is 4.71. The molecular formula is C15H28N6. The molecule has 0 aromatic carbocycles. The van der Waals surface area contributed by atoms with Crippen molar-refractivity contribution in [1.29, 1.82) is 0 Å². The van der Waals surface area contributed by atoms with Crippen LogP contribution in [0.5, 0.6) is 0 Å². The Labute approximate surface area is 128 Å². The van der Waals surface area contributed by atoms with Gasteiger partial charge in [-0.05, 0) is 32.6 Å². The van der Waals surface area contributed by atoms with Gasteiger partial charge in [-0.3, -0.25) is 0 Å². The first-order valence-corrected chi connectivity index (χ1v) is 8.15. The number of piperidine rings is 1. The molecular weight excluding hydrogens is 264 g/mol. The standard InChI is InChI=1S/C15H28N6/c1-5-12-9-8-10-21(11-12)15-18-13(16-4)17-14(19-15)20(6-2)7-3/h12H,5-11H2,1-4H3,(H,16,17,18,19). The molecule has 1 saturated heterocycles. The van der Waals surface area contributed by atoms with E-state index >= 15 is 0 Å². The Kier molecular flexibility index (Phi) is 5.59. The molecule has 0 bridgehead atoms. The van der Waals surface area contributed by atoms with E-state index in [1.165, 1.54) is 19.3 Å². The molecule has 1 fully saturated rings. The monoisotopic (exact) mass is 292 g/mol. The summed E-state index contributed by atoms with van der Waals surface area (Å²) in [5.74, 6) is 2.99. The van der Waals surface area contributed by atoms with Crippen LogP contribution in [0.4, 0.5) is 17.8 Å². The summed E-state index contributed by atoms with van der Waals surface area (Å²) in [6, 6.07) is 0. The maximum Gasteiger partial charge on any atom is 0.231 e. The summed E-state index contributed by atoms with van der Waals surface area (Å²) in [4.78, 5) is 18.2. The molecule has 1 aliphatic heterocycles. The van der Waals surface area contributed by atoms with Crippen LogP contribution in [0.25, 0.3) is 0 Å². The van der Waals surface area contributed by atoms with Gasteiger partial charge in [0.05, 0.1) is 0 Å². The van der Waals surface area contributed by atoms with E-state index in [0.717, 1.165) is 44.0 Å². The Hall–Kier alpha value is -1.59. The minimum Gasteiger partial charge on any atom is -0.357 e. The molecule has 2 rings (SSSR count). The SMILES string of the molecule is CCC1CCCN(c2nc(NC)nc(N(CC)CC)n2)C1. The molecule has 0 radical (unpaired) electrons. The Morgan fingerprint density at radius 2 is 1.95 bits per heavy atom. The largest absolute Gasteiger partial charge is 0.357 e. The highest BCUT2D eigenvalue weighted by molar-refractivity contribution is 5.45. The van der Waals surface area contributed by atoms with Crippen molar-refractivity contribution in [2.45, 2.75) is 40.0 Å². The average Bonchev–Trinajstić information content (AvgIpc) is 2.55. The zero-order valence-electron chi connectivity index (χ0n) is 13.8. The van der Waals surface area contributed by atoms with Crippen molar-refractivity contribution in [3.05, 3.63) is 0 Å². The molecule has 118 valence electrons. The Morgan fingerprint density at radius 1 is 1.19 bits per heavy atom. The summed E-state index contributed by atoms with van der Waals surface area (Å²) in [5.41, 5.74) is 0. The second-order valence-corrected chi connectivity index (χ2v) is 5.54. The van der Waals surface area contributed by atoms with Crippen molar-refractivity contribution in [3.8, 4) is 0 Å². The molecule has 1 unspecified atom stereocenters. The van der Waals surface area contributed by atoms with E-state index in [2.05, 4.69) is 45.9 Å². The first kappa shape index (κ1) is 15.8. The van der Waals surface area contributed by atoms with Gasteiger partial charge < -0.3 is 15.1 Å². The predicted molar refractivity (Wildman–Crippen MR) is 88.2 cm³/mol. The van der Waals surface area contributed by atoms with Crippen LogP contribution in [-0.2, 0) is 0 Å². The van der Waals surface area contributed by atoms with Crippen LogP contribution in [0.1, 0.15) is 40.0 Å². The average molecular weight is 292 g/mol. The molecule has 2 heterocycles. The van der Waals surface area contributed by atoms with Gasteiger partial charge in [0.15, 0.2) is 0 Å². The highest BCUT2D eigenvalue weighted by Gasteiger charge is 2.22. The van der Waals surface area contributed by atoms with Crippen LogP contribution in [0.3, 0.4) is 0 Å². The van der Waals surface area contributed by atoms with Gasteiger partial charge in [0.2, 0.25) is 17.8 Å². The fraction of sp³-hybridized carbons (Fsp3) is 0.800. The quantitative estimate of drug-likeness (QED) is 0.869. The molecule has 6 heteroatoms. The Balaban J connectivity index is 2.27. The van der Waals surface area contributed by atoms with Crippen LogP contribution in [0.15, 0.2) is 0 Å². The first-order chi connectivity index (χ1) is 10.2. The number of aromatic nitrogens is 3. The number of nitrogens with zero attached hydrogens (tertiary/aromatic N) is 5. The molecule has 0 aliphatic carbocycles. The Morgan fingerprint density at radius 3 is 2.57 bits per heavy atom. The van der Waals surface area contributed by atoms with Gasteiger partial charge in [-0.25, -0.2) is 0 Å². The zero-order chi connectivity index (χ0) is 15.2. The van der Waals surface area contributed by atoms with Gasteiger partial charge in [-0.1, -0.05) is 13.3 Å². The van der Waals surface area contributed by atoms with E-state index in [0.29, 0.717) is 5.95 Å². The number of hydrogen-bond acceptors (Lipinski definition) is 6. The van der Waals surface area contributed by atoms with Crippen molar-refractivity contribution in [1.82, 2.24) is 15.0 Å². The second kappa shape index (κ2) is 7.43. The zero-order valence-corrected chi connectivity index (χ0v) is 13.8. The summed E-state index contributed by atoms with van der Waals surface area (Å²) in [7, 11) is 1.86. The van der Waals surface area contributed by atoms with Crippen LogP contribution >= 0.6 is 0 Å². The molecule has 1 aromatic heterocycles. The number of hydrogen-bond donors (Lipinski definition) is 1. The fourth-order valence-electron chi connectivity index (χ4n) is 2.83. The third kappa shape index (κ3) is 3.74. The lowest BCUT2D eigenvalue weighted by molar-refractivity contribution is 0.401. The smallest absolute Gasteiger partial charge is 0.231 e. The van der Waals surface area contributed by atoms with E-state index in [1.54, 1.807) is 0 Å². The van der Waals surface area contributed by atoms with Crippen molar-refractivity contribution in [2.24, 2.45) is 5.92 Å². The summed E-state index contributed by atoms with van der Waals surface area (Å²) in [5, 5.41) is 3.06. The van der Waals surface area contributed by atoms with Gasteiger partial charge in [-0.15, -0.1) is 0 Å². The van der Waals surface area contributed by atoms with Gasteiger partial charge in [-0.2, -0.15) is 15.0 Å². The van der Waals surface area contributed by atoms with Crippen LogP contribution in [0, 0.1) is 5.92 Å². The Bertz CT molecular complexity index is 446. The number of rotatable bonds is 6. The lowest BCUT2D eigenvalue weighted by Gasteiger charge is -2.32. The number of nitrogens with one attached hydrogen (secondary N) is 1. The topological polar surface area (TPSA) is 57.2 Å². The molecule has 0 spiro atoms. The molecule has 0 saturated carbocycles. The third-order valence-corrected chi connectivity index (χ3v) is 4.26. The van der Waals surface area contributed by atoms with Crippen molar-refractivity contribution in [2.75, 3.05) is 48.3 Å². The summed E-state index contributed by atoms with van der Waals surface area (Å²) < 4.78 is 0. The van der Waals surface area contributed by atoms with Crippen molar-refractivity contribution in [3.63, 3.8) is 0 Å². The lowest BCUT2D eigenvalue weighted by Crippen LogP contribution is -2.37. The molecule has 1 atom stereocenters. The van der Waals surface area contributed by atoms with E-state index in [-0.39, 0.29) is 0 Å². The van der Waals surface area contributed by atoms with Gasteiger partial charge in [0.25, 0.3) is 0 Å². The molecule has 1 N–H and O–H groups in total. The highest BCUT2D eigenvalue weighted by atomic mass is 15.4. The molecule has 1 aromatic rings. The summed E-state index contributed by atoms with van der Waals surface area (Å²) in [6.45, 7) is 10.4. The van der Waals surface area contributed by atoms with E-state index < -0.39 is 0 Å².